The second-order valence-corrected chi connectivity index (χ2v) is 5.82. The SMILES string of the molecule is CCOC1CCN(C(=NC)NCc2ccc(C(=O)NC)cc2)CC1. The van der Waals surface area contributed by atoms with E-state index in [1.165, 1.54) is 0 Å². The second kappa shape index (κ2) is 9.27. The zero-order chi connectivity index (χ0) is 17.4. The van der Waals surface area contributed by atoms with Gasteiger partial charge in [-0.3, -0.25) is 9.79 Å². The van der Waals surface area contributed by atoms with E-state index < -0.39 is 0 Å². The number of hydrogen-bond acceptors (Lipinski definition) is 3. The first-order valence-electron chi connectivity index (χ1n) is 8.56. The molecular weight excluding hydrogens is 304 g/mol. The van der Waals surface area contributed by atoms with Gasteiger partial charge in [0, 0.05) is 45.9 Å². The lowest BCUT2D eigenvalue weighted by Crippen LogP contribution is -2.46. The maximum absolute atomic E-state index is 11.6. The van der Waals surface area contributed by atoms with Gasteiger partial charge in [0.25, 0.3) is 5.91 Å². The van der Waals surface area contributed by atoms with Crippen molar-refractivity contribution in [2.45, 2.75) is 32.4 Å². The Hall–Kier alpha value is -2.08. The topological polar surface area (TPSA) is 66.0 Å². The van der Waals surface area contributed by atoms with Crippen LogP contribution in [0.15, 0.2) is 29.3 Å². The summed E-state index contributed by atoms with van der Waals surface area (Å²) in [4.78, 5) is 18.2. The highest BCUT2D eigenvalue weighted by atomic mass is 16.5. The Kier molecular flexibility index (Phi) is 7.06. The third-order valence-electron chi connectivity index (χ3n) is 4.25. The summed E-state index contributed by atoms with van der Waals surface area (Å²) >= 11 is 0. The summed E-state index contributed by atoms with van der Waals surface area (Å²) in [5, 5.41) is 6.02. The molecule has 2 rings (SSSR count). The summed E-state index contributed by atoms with van der Waals surface area (Å²) in [6, 6.07) is 7.61. The van der Waals surface area contributed by atoms with Gasteiger partial charge in [0.2, 0.25) is 0 Å². The van der Waals surface area contributed by atoms with E-state index in [1.54, 1.807) is 7.05 Å². The third kappa shape index (κ3) is 4.96. The molecule has 0 aromatic heterocycles. The molecule has 0 aliphatic carbocycles. The highest BCUT2D eigenvalue weighted by Crippen LogP contribution is 2.14. The van der Waals surface area contributed by atoms with Crippen LogP contribution in [0.2, 0.25) is 0 Å². The summed E-state index contributed by atoms with van der Waals surface area (Å²) < 4.78 is 5.69. The zero-order valence-electron chi connectivity index (χ0n) is 14.8. The third-order valence-corrected chi connectivity index (χ3v) is 4.25. The van der Waals surface area contributed by atoms with Crippen LogP contribution in [0.1, 0.15) is 35.7 Å². The van der Waals surface area contributed by atoms with Crippen LogP contribution in [-0.4, -0.2) is 56.7 Å². The Morgan fingerprint density at radius 3 is 2.50 bits per heavy atom. The molecule has 1 aromatic carbocycles. The maximum Gasteiger partial charge on any atom is 0.251 e. The van der Waals surface area contributed by atoms with Crippen molar-refractivity contribution in [1.29, 1.82) is 0 Å². The molecule has 0 spiro atoms. The van der Waals surface area contributed by atoms with Gasteiger partial charge in [-0.25, -0.2) is 0 Å². The Bertz CT molecular complexity index is 549. The number of likely N-dealkylation sites (tertiary alicyclic amines) is 1. The van der Waals surface area contributed by atoms with Gasteiger partial charge in [-0.05, 0) is 37.5 Å². The molecule has 2 N–H and O–H groups in total. The van der Waals surface area contributed by atoms with Crippen molar-refractivity contribution < 1.29 is 9.53 Å². The molecule has 132 valence electrons. The minimum atomic E-state index is -0.0671. The van der Waals surface area contributed by atoms with E-state index in [1.807, 2.05) is 38.2 Å². The number of amides is 1. The van der Waals surface area contributed by atoms with Crippen LogP contribution in [0.5, 0.6) is 0 Å². The largest absolute Gasteiger partial charge is 0.378 e. The molecule has 0 bridgehead atoms. The van der Waals surface area contributed by atoms with E-state index in [-0.39, 0.29) is 5.91 Å². The van der Waals surface area contributed by atoms with Gasteiger partial charge in [0.15, 0.2) is 5.96 Å². The molecule has 1 amide bonds. The normalized spacial score (nSPS) is 16.1. The van der Waals surface area contributed by atoms with Gasteiger partial charge < -0.3 is 20.3 Å². The quantitative estimate of drug-likeness (QED) is 0.635. The molecule has 1 aliphatic heterocycles. The predicted molar refractivity (Wildman–Crippen MR) is 96.3 cm³/mol. The van der Waals surface area contributed by atoms with Gasteiger partial charge >= 0.3 is 0 Å². The van der Waals surface area contributed by atoms with Gasteiger partial charge in [0.1, 0.15) is 0 Å². The van der Waals surface area contributed by atoms with Gasteiger partial charge in [-0.1, -0.05) is 12.1 Å². The van der Waals surface area contributed by atoms with Crippen LogP contribution in [0.25, 0.3) is 0 Å². The number of benzene rings is 1. The molecule has 0 atom stereocenters. The second-order valence-electron chi connectivity index (χ2n) is 5.82. The van der Waals surface area contributed by atoms with Crippen molar-refractivity contribution in [2.24, 2.45) is 4.99 Å². The van der Waals surface area contributed by atoms with Crippen LogP contribution in [-0.2, 0) is 11.3 Å². The fourth-order valence-corrected chi connectivity index (χ4v) is 2.90. The number of rotatable bonds is 5. The summed E-state index contributed by atoms with van der Waals surface area (Å²) in [5.41, 5.74) is 1.79. The van der Waals surface area contributed by atoms with Crippen molar-refractivity contribution in [2.75, 3.05) is 33.8 Å². The van der Waals surface area contributed by atoms with E-state index in [0.29, 0.717) is 18.2 Å². The van der Waals surface area contributed by atoms with E-state index in [4.69, 9.17) is 4.74 Å². The molecule has 6 heteroatoms. The summed E-state index contributed by atoms with van der Waals surface area (Å²) in [6.45, 7) is 5.43. The zero-order valence-corrected chi connectivity index (χ0v) is 14.8. The number of hydrogen-bond donors (Lipinski definition) is 2. The lowest BCUT2D eigenvalue weighted by atomic mass is 10.1. The lowest BCUT2D eigenvalue weighted by Gasteiger charge is -2.34. The number of nitrogens with zero attached hydrogens (tertiary/aromatic N) is 2. The Labute approximate surface area is 144 Å². The fourth-order valence-electron chi connectivity index (χ4n) is 2.90. The number of carbonyl (C=O) groups excluding carboxylic acids is 1. The molecule has 6 nitrogen and oxygen atoms in total. The lowest BCUT2D eigenvalue weighted by molar-refractivity contribution is 0.0263. The first kappa shape index (κ1) is 18.3. The average Bonchev–Trinajstić information content (AvgIpc) is 2.63. The minimum Gasteiger partial charge on any atom is -0.378 e. The highest BCUT2D eigenvalue weighted by Gasteiger charge is 2.21. The number of aliphatic imine (C=N–C) groups is 1. The molecule has 0 radical (unpaired) electrons. The minimum absolute atomic E-state index is 0.0671. The van der Waals surface area contributed by atoms with Gasteiger partial charge in [-0.15, -0.1) is 0 Å². The molecule has 1 heterocycles. The molecule has 24 heavy (non-hydrogen) atoms. The molecule has 0 unspecified atom stereocenters. The Morgan fingerprint density at radius 2 is 1.96 bits per heavy atom. The smallest absolute Gasteiger partial charge is 0.251 e. The molecule has 1 aromatic rings. The van der Waals surface area contributed by atoms with Crippen LogP contribution in [0.4, 0.5) is 0 Å². The van der Waals surface area contributed by atoms with E-state index >= 15 is 0 Å². The number of nitrogens with one attached hydrogen (secondary N) is 2. The molecule has 1 fully saturated rings. The first-order chi connectivity index (χ1) is 11.7. The van der Waals surface area contributed by atoms with Crippen LogP contribution in [0, 0.1) is 0 Å². The van der Waals surface area contributed by atoms with Crippen LogP contribution in [0.3, 0.4) is 0 Å². The van der Waals surface area contributed by atoms with Crippen LogP contribution < -0.4 is 10.6 Å². The monoisotopic (exact) mass is 332 g/mol. The standard InChI is InChI=1S/C18H28N4O2/c1-4-24-16-9-11-22(12-10-16)18(20-3)21-13-14-5-7-15(8-6-14)17(23)19-2/h5-8,16H,4,9-13H2,1-3H3,(H,19,23)(H,20,21). The fraction of sp³-hybridized carbons (Fsp3) is 0.556. The summed E-state index contributed by atoms with van der Waals surface area (Å²) in [7, 11) is 3.45. The van der Waals surface area contributed by atoms with Crippen LogP contribution >= 0.6 is 0 Å². The highest BCUT2D eigenvalue weighted by molar-refractivity contribution is 5.93. The van der Waals surface area contributed by atoms with Crippen molar-refractivity contribution in [1.82, 2.24) is 15.5 Å². The number of ether oxygens (including phenoxy) is 1. The maximum atomic E-state index is 11.6. The Balaban J connectivity index is 1.85. The van der Waals surface area contributed by atoms with E-state index in [0.717, 1.165) is 44.1 Å². The van der Waals surface area contributed by atoms with Crippen molar-refractivity contribution in [3.05, 3.63) is 35.4 Å². The molecular formula is C18H28N4O2. The van der Waals surface area contributed by atoms with Gasteiger partial charge in [0.05, 0.1) is 6.10 Å². The predicted octanol–water partition coefficient (Wildman–Crippen LogP) is 1.62. The summed E-state index contributed by atoms with van der Waals surface area (Å²) in [5.74, 6) is 0.850. The summed E-state index contributed by atoms with van der Waals surface area (Å²) in [6.07, 6.45) is 2.45. The molecule has 1 saturated heterocycles. The van der Waals surface area contributed by atoms with Crippen molar-refractivity contribution in [3.63, 3.8) is 0 Å². The average molecular weight is 332 g/mol. The van der Waals surface area contributed by atoms with Gasteiger partial charge in [-0.2, -0.15) is 0 Å². The molecule has 0 saturated carbocycles. The number of guanidine groups is 1. The number of piperidine rings is 1. The van der Waals surface area contributed by atoms with E-state index in [9.17, 15) is 4.79 Å². The Morgan fingerprint density at radius 1 is 1.29 bits per heavy atom. The van der Waals surface area contributed by atoms with Crippen molar-refractivity contribution >= 4 is 11.9 Å². The van der Waals surface area contributed by atoms with Crippen molar-refractivity contribution in [3.8, 4) is 0 Å². The molecule has 1 aliphatic rings. The van der Waals surface area contributed by atoms with E-state index in [2.05, 4.69) is 20.5 Å². The first-order valence-corrected chi connectivity index (χ1v) is 8.56. The number of carbonyl (C=O) groups is 1.